The molecule has 0 spiro atoms. The average Bonchev–Trinajstić information content (AvgIpc) is 2.27. The van der Waals surface area contributed by atoms with Crippen molar-refractivity contribution in [3.05, 3.63) is 28.5 Å². The van der Waals surface area contributed by atoms with Crippen molar-refractivity contribution in [3.63, 3.8) is 0 Å². The highest BCUT2D eigenvalue weighted by molar-refractivity contribution is 9.10. The molecule has 108 valence electrons. The van der Waals surface area contributed by atoms with Crippen molar-refractivity contribution in [3.8, 4) is 0 Å². The Morgan fingerprint density at radius 1 is 1.42 bits per heavy atom. The molecule has 0 aliphatic carbocycles. The third-order valence-corrected chi connectivity index (χ3v) is 4.16. The number of ether oxygens (including phenoxy) is 1. The molecule has 0 aromatic heterocycles. The van der Waals surface area contributed by atoms with E-state index in [1.54, 1.807) is 0 Å². The summed E-state index contributed by atoms with van der Waals surface area (Å²) in [6.07, 6.45) is 0. The summed E-state index contributed by atoms with van der Waals surface area (Å²) in [7, 11) is -3.83. The maximum atomic E-state index is 13.5. The van der Waals surface area contributed by atoms with Crippen LogP contribution in [-0.4, -0.2) is 28.2 Å². The van der Waals surface area contributed by atoms with Crippen LogP contribution in [0.1, 0.15) is 13.8 Å². The molecule has 0 atom stereocenters. The van der Waals surface area contributed by atoms with Gasteiger partial charge in [0.25, 0.3) is 0 Å². The van der Waals surface area contributed by atoms with E-state index < -0.39 is 15.8 Å². The van der Waals surface area contributed by atoms with Crippen LogP contribution in [0, 0.1) is 11.7 Å². The lowest BCUT2D eigenvalue weighted by atomic mass is 10.2. The monoisotopic (exact) mass is 353 g/mol. The zero-order valence-electron chi connectivity index (χ0n) is 10.8. The second kappa shape index (κ2) is 7.33. The van der Waals surface area contributed by atoms with E-state index in [0.717, 1.165) is 6.07 Å². The first-order valence-electron chi connectivity index (χ1n) is 5.85. The fourth-order valence-corrected chi connectivity index (χ4v) is 2.74. The minimum Gasteiger partial charge on any atom is -0.380 e. The second-order valence-electron chi connectivity index (χ2n) is 4.44. The molecule has 0 amide bonds. The molecule has 0 fully saturated rings. The van der Waals surface area contributed by atoms with Crippen LogP contribution in [0.3, 0.4) is 0 Å². The number of sulfonamides is 1. The molecule has 1 aromatic carbocycles. The molecule has 1 rings (SSSR count). The van der Waals surface area contributed by atoms with Crippen LogP contribution < -0.4 is 4.72 Å². The molecule has 19 heavy (non-hydrogen) atoms. The lowest BCUT2D eigenvalue weighted by molar-refractivity contribution is 0.114. The molecule has 0 heterocycles. The van der Waals surface area contributed by atoms with Crippen LogP contribution in [-0.2, 0) is 14.8 Å². The number of hydrogen-bond donors (Lipinski definition) is 1. The number of halogens is 2. The SMILES string of the molecule is CC(C)COCCNS(=O)(=O)c1ccc(Br)cc1F. The summed E-state index contributed by atoms with van der Waals surface area (Å²) in [5.74, 6) is -0.398. The first-order chi connectivity index (χ1) is 8.83. The van der Waals surface area contributed by atoms with Crippen molar-refractivity contribution >= 4 is 26.0 Å². The van der Waals surface area contributed by atoms with Crippen LogP contribution in [0.5, 0.6) is 0 Å². The van der Waals surface area contributed by atoms with Crippen LogP contribution in [0.15, 0.2) is 27.6 Å². The summed E-state index contributed by atoms with van der Waals surface area (Å²) in [4.78, 5) is -0.362. The predicted molar refractivity (Wildman–Crippen MR) is 74.9 cm³/mol. The number of rotatable bonds is 7. The van der Waals surface area contributed by atoms with E-state index in [1.807, 2.05) is 13.8 Å². The van der Waals surface area contributed by atoms with Crippen molar-refractivity contribution in [2.45, 2.75) is 18.7 Å². The summed E-state index contributed by atoms with van der Waals surface area (Å²) >= 11 is 3.07. The van der Waals surface area contributed by atoms with Gasteiger partial charge in [0.1, 0.15) is 10.7 Å². The van der Waals surface area contributed by atoms with Gasteiger partial charge in [-0.2, -0.15) is 0 Å². The Bertz CT molecular complexity index is 520. The Balaban J connectivity index is 2.56. The molecule has 0 aliphatic heterocycles. The van der Waals surface area contributed by atoms with Crippen LogP contribution in [0.2, 0.25) is 0 Å². The molecular formula is C12H17BrFNO3S. The van der Waals surface area contributed by atoms with Gasteiger partial charge in [-0.05, 0) is 24.1 Å². The number of nitrogens with one attached hydrogen (secondary N) is 1. The summed E-state index contributed by atoms with van der Waals surface area (Å²) in [6, 6.07) is 3.81. The van der Waals surface area contributed by atoms with Crippen molar-refractivity contribution in [1.82, 2.24) is 4.72 Å². The molecule has 0 radical (unpaired) electrons. The minimum absolute atomic E-state index is 0.116. The van der Waals surface area contributed by atoms with Gasteiger partial charge in [-0.3, -0.25) is 0 Å². The number of benzene rings is 1. The second-order valence-corrected chi connectivity index (χ2v) is 7.09. The van der Waals surface area contributed by atoms with Crippen molar-refractivity contribution in [2.75, 3.05) is 19.8 Å². The first kappa shape index (κ1) is 16.6. The summed E-state index contributed by atoms with van der Waals surface area (Å²) < 4.78 is 45.3. The average molecular weight is 354 g/mol. The Morgan fingerprint density at radius 3 is 2.68 bits per heavy atom. The van der Waals surface area contributed by atoms with Gasteiger partial charge >= 0.3 is 0 Å². The van der Waals surface area contributed by atoms with Crippen LogP contribution in [0.25, 0.3) is 0 Å². The molecular weight excluding hydrogens is 337 g/mol. The molecule has 0 aliphatic rings. The zero-order chi connectivity index (χ0) is 14.5. The fraction of sp³-hybridized carbons (Fsp3) is 0.500. The standard InChI is InChI=1S/C12H17BrFNO3S/c1-9(2)8-18-6-5-15-19(16,17)12-4-3-10(13)7-11(12)14/h3-4,7,9,15H,5-6,8H2,1-2H3. The van der Waals surface area contributed by atoms with E-state index >= 15 is 0 Å². The van der Waals surface area contributed by atoms with Crippen molar-refractivity contribution in [1.29, 1.82) is 0 Å². The normalized spacial score (nSPS) is 12.1. The summed E-state index contributed by atoms with van der Waals surface area (Å²) in [6.45, 7) is 4.94. The molecule has 1 aromatic rings. The summed E-state index contributed by atoms with van der Waals surface area (Å²) in [5, 5.41) is 0. The van der Waals surface area contributed by atoms with E-state index in [-0.39, 0.29) is 18.0 Å². The largest absolute Gasteiger partial charge is 0.380 e. The maximum Gasteiger partial charge on any atom is 0.243 e. The van der Waals surface area contributed by atoms with Gasteiger partial charge in [0.15, 0.2) is 0 Å². The molecule has 0 bridgehead atoms. The first-order valence-corrected chi connectivity index (χ1v) is 8.13. The van der Waals surface area contributed by atoms with Gasteiger partial charge in [0, 0.05) is 17.6 Å². The van der Waals surface area contributed by atoms with Gasteiger partial charge < -0.3 is 4.74 Å². The lowest BCUT2D eigenvalue weighted by Gasteiger charge is -2.09. The maximum absolute atomic E-state index is 13.5. The molecule has 1 N–H and O–H groups in total. The van der Waals surface area contributed by atoms with E-state index in [2.05, 4.69) is 20.7 Å². The van der Waals surface area contributed by atoms with Crippen LogP contribution >= 0.6 is 15.9 Å². The van der Waals surface area contributed by atoms with Gasteiger partial charge in [-0.25, -0.2) is 17.5 Å². The van der Waals surface area contributed by atoms with E-state index in [0.29, 0.717) is 17.0 Å². The molecule has 0 saturated carbocycles. The molecule has 0 unspecified atom stereocenters. The van der Waals surface area contributed by atoms with Gasteiger partial charge in [-0.1, -0.05) is 29.8 Å². The third kappa shape index (κ3) is 5.56. The minimum atomic E-state index is -3.83. The Kier molecular flexibility index (Phi) is 6.38. The molecule has 0 saturated heterocycles. The Labute approximate surface area is 121 Å². The van der Waals surface area contributed by atoms with E-state index in [1.165, 1.54) is 12.1 Å². The fourth-order valence-electron chi connectivity index (χ4n) is 1.34. The third-order valence-electron chi connectivity index (χ3n) is 2.17. The zero-order valence-corrected chi connectivity index (χ0v) is 13.2. The quantitative estimate of drug-likeness (QED) is 0.766. The van der Waals surface area contributed by atoms with E-state index in [9.17, 15) is 12.8 Å². The van der Waals surface area contributed by atoms with Crippen molar-refractivity contribution in [2.24, 2.45) is 5.92 Å². The smallest absolute Gasteiger partial charge is 0.243 e. The van der Waals surface area contributed by atoms with Crippen LogP contribution in [0.4, 0.5) is 4.39 Å². The number of hydrogen-bond acceptors (Lipinski definition) is 3. The topological polar surface area (TPSA) is 55.4 Å². The highest BCUT2D eigenvalue weighted by atomic mass is 79.9. The van der Waals surface area contributed by atoms with Gasteiger partial charge in [0.2, 0.25) is 10.0 Å². The predicted octanol–water partition coefficient (Wildman–Crippen LogP) is 2.54. The van der Waals surface area contributed by atoms with Crippen molar-refractivity contribution < 1.29 is 17.5 Å². The summed E-state index contributed by atoms with van der Waals surface area (Å²) in [5.41, 5.74) is 0. The highest BCUT2D eigenvalue weighted by Crippen LogP contribution is 2.18. The van der Waals surface area contributed by atoms with Gasteiger partial charge in [0.05, 0.1) is 6.61 Å². The molecule has 7 heteroatoms. The Hall–Kier alpha value is -0.500. The van der Waals surface area contributed by atoms with E-state index in [4.69, 9.17) is 4.74 Å². The van der Waals surface area contributed by atoms with Gasteiger partial charge in [-0.15, -0.1) is 0 Å². The Morgan fingerprint density at radius 2 is 2.11 bits per heavy atom. The highest BCUT2D eigenvalue weighted by Gasteiger charge is 2.18. The molecule has 4 nitrogen and oxygen atoms in total. The lowest BCUT2D eigenvalue weighted by Crippen LogP contribution is -2.28.